The molecule has 166 valence electrons. The zero-order valence-electron chi connectivity index (χ0n) is 17.6. The summed E-state index contributed by atoms with van der Waals surface area (Å²) < 4.78 is 16.3. The molecule has 0 spiro atoms. The molecule has 0 saturated carbocycles. The molecule has 1 aliphatic rings. The predicted molar refractivity (Wildman–Crippen MR) is 123 cm³/mol. The molecule has 1 aromatic heterocycles. The highest BCUT2D eigenvalue weighted by molar-refractivity contribution is 6.30. The van der Waals surface area contributed by atoms with Crippen LogP contribution in [0.5, 0.6) is 0 Å². The Morgan fingerprint density at radius 1 is 1.06 bits per heavy atom. The molecule has 3 aromatic rings. The largest absolute Gasteiger partial charge is 0.462 e. The number of hydrogen-bond acceptors (Lipinski definition) is 6. The van der Waals surface area contributed by atoms with Crippen LogP contribution in [-0.2, 0) is 9.47 Å². The highest BCUT2D eigenvalue weighted by Gasteiger charge is 2.21. The molecule has 0 aliphatic carbocycles. The van der Waals surface area contributed by atoms with Gasteiger partial charge in [0, 0.05) is 29.4 Å². The Balaban J connectivity index is 1.54. The van der Waals surface area contributed by atoms with Crippen molar-refractivity contribution in [1.82, 2.24) is 0 Å². The molecule has 32 heavy (non-hydrogen) atoms. The normalized spacial score (nSPS) is 13.6. The van der Waals surface area contributed by atoms with Crippen molar-refractivity contribution in [3.05, 3.63) is 70.9 Å². The third-order valence-corrected chi connectivity index (χ3v) is 5.31. The van der Waals surface area contributed by atoms with Gasteiger partial charge in [0.25, 0.3) is 5.91 Å². The van der Waals surface area contributed by atoms with Gasteiger partial charge in [-0.1, -0.05) is 11.6 Å². The van der Waals surface area contributed by atoms with Crippen LogP contribution in [0.3, 0.4) is 0 Å². The number of nitrogens with zero attached hydrogens (tertiary/aromatic N) is 1. The van der Waals surface area contributed by atoms with Crippen molar-refractivity contribution < 1.29 is 23.5 Å². The third kappa shape index (κ3) is 4.95. The van der Waals surface area contributed by atoms with Gasteiger partial charge in [0.2, 0.25) is 0 Å². The number of rotatable bonds is 6. The Bertz CT molecular complexity index is 1100. The summed E-state index contributed by atoms with van der Waals surface area (Å²) in [4.78, 5) is 27.4. The van der Waals surface area contributed by atoms with E-state index in [1.807, 2.05) is 18.2 Å². The highest BCUT2D eigenvalue weighted by Crippen LogP contribution is 2.28. The van der Waals surface area contributed by atoms with Crippen LogP contribution in [0.15, 0.2) is 59.0 Å². The molecule has 7 nitrogen and oxygen atoms in total. The van der Waals surface area contributed by atoms with Crippen molar-refractivity contribution in [2.24, 2.45) is 0 Å². The van der Waals surface area contributed by atoms with Gasteiger partial charge in [0.05, 0.1) is 31.1 Å². The molecule has 1 fully saturated rings. The lowest BCUT2D eigenvalue weighted by molar-refractivity contribution is 0.0526. The van der Waals surface area contributed by atoms with E-state index >= 15 is 0 Å². The molecule has 2 heterocycles. The zero-order chi connectivity index (χ0) is 22.5. The minimum Gasteiger partial charge on any atom is -0.462 e. The number of ether oxygens (including phenoxy) is 2. The number of furan rings is 1. The van der Waals surface area contributed by atoms with Crippen molar-refractivity contribution in [2.45, 2.75) is 6.92 Å². The number of amides is 1. The molecule has 4 rings (SSSR count). The lowest BCUT2D eigenvalue weighted by Crippen LogP contribution is -2.37. The number of morpholine rings is 1. The van der Waals surface area contributed by atoms with Crippen LogP contribution in [0.4, 0.5) is 11.4 Å². The van der Waals surface area contributed by atoms with Crippen LogP contribution in [-0.4, -0.2) is 44.8 Å². The summed E-state index contributed by atoms with van der Waals surface area (Å²) in [7, 11) is 0. The van der Waals surface area contributed by atoms with Gasteiger partial charge in [0.1, 0.15) is 5.76 Å². The molecule has 0 atom stereocenters. The van der Waals surface area contributed by atoms with Crippen molar-refractivity contribution >= 4 is 34.9 Å². The fourth-order valence-electron chi connectivity index (χ4n) is 3.49. The summed E-state index contributed by atoms with van der Waals surface area (Å²) in [6.07, 6.45) is 0. The zero-order valence-corrected chi connectivity index (χ0v) is 18.4. The summed E-state index contributed by atoms with van der Waals surface area (Å²) in [5, 5.41) is 3.42. The first kappa shape index (κ1) is 21.9. The molecule has 1 amide bonds. The molecular weight excluding hydrogens is 432 g/mol. The molecule has 1 aliphatic heterocycles. The van der Waals surface area contributed by atoms with Gasteiger partial charge in [-0.05, 0) is 61.5 Å². The van der Waals surface area contributed by atoms with Gasteiger partial charge in [-0.2, -0.15) is 0 Å². The molecule has 0 radical (unpaired) electrons. The maximum atomic E-state index is 12.7. The predicted octanol–water partition coefficient (Wildman–Crippen LogP) is 4.87. The van der Waals surface area contributed by atoms with Crippen LogP contribution < -0.4 is 10.2 Å². The summed E-state index contributed by atoms with van der Waals surface area (Å²) in [6.45, 7) is 4.56. The smallest absolute Gasteiger partial charge is 0.340 e. The second kappa shape index (κ2) is 9.89. The first-order chi connectivity index (χ1) is 15.5. The Morgan fingerprint density at radius 3 is 2.53 bits per heavy atom. The third-order valence-electron chi connectivity index (χ3n) is 5.06. The van der Waals surface area contributed by atoms with Crippen LogP contribution in [0.25, 0.3) is 11.3 Å². The molecular formula is C24H23ClN2O5. The van der Waals surface area contributed by atoms with E-state index in [0.29, 0.717) is 48.3 Å². The average Bonchev–Trinajstić information content (AvgIpc) is 3.31. The molecule has 1 saturated heterocycles. The molecule has 0 bridgehead atoms. The molecule has 2 aromatic carbocycles. The quantitative estimate of drug-likeness (QED) is 0.535. The average molecular weight is 455 g/mol. The standard InChI is InChI=1S/C24H23ClN2O5/c1-2-31-24(29)19-15-18(7-8-20(19)27-11-13-30-14-12-27)26-23(28)22-10-9-21(32-22)16-3-5-17(25)6-4-16/h3-10,15H,2,11-14H2,1H3,(H,26,28). The van der Waals surface area contributed by atoms with Crippen LogP contribution in [0.2, 0.25) is 5.02 Å². The van der Waals surface area contributed by atoms with Gasteiger partial charge in [0.15, 0.2) is 5.76 Å². The second-order valence-electron chi connectivity index (χ2n) is 7.18. The number of benzene rings is 2. The van der Waals surface area contributed by atoms with Gasteiger partial charge < -0.3 is 24.1 Å². The fourth-order valence-corrected chi connectivity index (χ4v) is 3.61. The lowest BCUT2D eigenvalue weighted by Gasteiger charge is -2.30. The number of hydrogen-bond donors (Lipinski definition) is 1. The highest BCUT2D eigenvalue weighted by atomic mass is 35.5. The van der Waals surface area contributed by atoms with Crippen LogP contribution in [0.1, 0.15) is 27.8 Å². The van der Waals surface area contributed by atoms with Crippen molar-refractivity contribution in [3.8, 4) is 11.3 Å². The van der Waals surface area contributed by atoms with E-state index in [-0.39, 0.29) is 12.4 Å². The van der Waals surface area contributed by atoms with Crippen molar-refractivity contribution in [1.29, 1.82) is 0 Å². The topological polar surface area (TPSA) is 81.0 Å². The van der Waals surface area contributed by atoms with E-state index in [4.69, 9.17) is 25.5 Å². The van der Waals surface area contributed by atoms with Crippen LogP contribution in [0, 0.1) is 0 Å². The van der Waals surface area contributed by atoms with Gasteiger partial charge >= 0.3 is 5.97 Å². The Kier molecular flexibility index (Phi) is 6.78. The van der Waals surface area contributed by atoms with E-state index in [9.17, 15) is 9.59 Å². The van der Waals surface area contributed by atoms with Crippen LogP contribution >= 0.6 is 11.6 Å². The number of carbonyl (C=O) groups excluding carboxylic acids is 2. The minimum absolute atomic E-state index is 0.157. The van der Waals surface area contributed by atoms with Gasteiger partial charge in [-0.25, -0.2) is 4.79 Å². The Morgan fingerprint density at radius 2 is 1.81 bits per heavy atom. The number of halogens is 1. The Labute approximate surface area is 190 Å². The summed E-state index contributed by atoms with van der Waals surface area (Å²) in [5.41, 5.74) is 2.44. The van der Waals surface area contributed by atoms with E-state index < -0.39 is 11.9 Å². The number of nitrogens with one attached hydrogen (secondary N) is 1. The summed E-state index contributed by atoms with van der Waals surface area (Å²) in [6, 6.07) is 15.7. The number of carbonyl (C=O) groups is 2. The maximum absolute atomic E-state index is 12.7. The van der Waals surface area contributed by atoms with Gasteiger partial charge in [-0.15, -0.1) is 0 Å². The Hall–Kier alpha value is -3.29. The lowest BCUT2D eigenvalue weighted by atomic mass is 10.1. The maximum Gasteiger partial charge on any atom is 0.340 e. The van der Waals surface area contributed by atoms with E-state index in [1.165, 1.54) is 0 Å². The SMILES string of the molecule is CCOC(=O)c1cc(NC(=O)c2ccc(-c3ccc(Cl)cc3)o2)ccc1N1CCOCC1. The number of anilines is 2. The first-order valence-corrected chi connectivity index (χ1v) is 10.7. The first-order valence-electron chi connectivity index (χ1n) is 10.4. The van der Waals surface area contributed by atoms with Gasteiger partial charge in [-0.3, -0.25) is 4.79 Å². The van der Waals surface area contributed by atoms with Crippen molar-refractivity contribution in [3.63, 3.8) is 0 Å². The van der Waals surface area contributed by atoms with Crippen molar-refractivity contribution in [2.75, 3.05) is 43.1 Å². The number of esters is 1. The monoisotopic (exact) mass is 454 g/mol. The van der Waals surface area contributed by atoms with E-state index in [2.05, 4.69) is 10.2 Å². The minimum atomic E-state index is -0.437. The molecule has 8 heteroatoms. The molecule has 1 N–H and O–H groups in total. The molecule has 0 unspecified atom stereocenters. The van der Waals surface area contributed by atoms with E-state index in [0.717, 1.165) is 11.3 Å². The second-order valence-corrected chi connectivity index (χ2v) is 7.61. The summed E-state index contributed by atoms with van der Waals surface area (Å²) >= 11 is 5.92. The van der Waals surface area contributed by atoms with E-state index in [1.54, 1.807) is 43.3 Å². The summed E-state index contributed by atoms with van der Waals surface area (Å²) in [5.74, 6) is -0.140. The fraction of sp³-hybridized carbons (Fsp3) is 0.250.